The number of anilines is 1. The SMILES string of the molecule is O=C(/C=C/c1ccc(OC(F)F)cc1OC(F)F)Nc1nnc(C2CC2)s1. The lowest BCUT2D eigenvalue weighted by Gasteiger charge is -2.11. The summed E-state index contributed by atoms with van der Waals surface area (Å²) in [6, 6.07) is 3.26. The molecule has 0 bridgehead atoms. The van der Waals surface area contributed by atoms with Crippen LogP contribution in [0.1, 0.15) is 29.3 Å². The Balaban J connectivity index is 1.68. The van der Waals surface area contributed by atoms with Crippen molar-refractivity contribution in [1.82, 2.24) is 10.2 Å². The van der Waals surface area contributed by atoms with Gasteiger partial charge in [0.2, 0.25) is 11.0 Å². The lowest BCUT2D eigenvalue weighted by atomic mass is 10.1. The molecule has 0 atom stereocenters. The smallest absolute Gasteiger partial charge is 0.387 e. The summed E-state index contributed by atoms with van der Waals surface area (Å²) < 4.78 is 58.0. The molecule has 0 radical (unpaired) electrons. The van der Waals surface area contributed by atoms with Crippen molar-refractivity contribution in [3.63, 3.8) is 0 Å². The van der Waals surface area contributed by atoms with Crippen LogP contribution in [0.3, 0.4) is 0 Å². The van der Waals surface area contributed by atoms with E-state index < -0.39 is 24.9 Å². The molecule has 1 saturated carbocycles. The van der Waals surface area contributed by atoms with Crippen LogP contribution >= 0.6 is 11.3 Å². The van der Waals surface area contributed by atoms with E-state index in [1.165, 1.54) is 23.5 Å². The van der Waals surface area contributed by atoms with Crippen LogP contribution in [-0.4, -0.2) is 29.3 Å². The predicted molar refractivity (Wildman–Crippen MR) is 89.3 cm³/mol. The van der Waals surface area contributed by atoms with Gasteiger partial charge < -0.3 is 9.47 Å². The van der Waals surface area contributed by atoms with Gasteiger partial charge in [0.25, 0.3) is 0 Å². The standard InChI is InChI=1S/C16H13F4N3O3S/c17-14(18)25-10-5-3-8(11(7-10)26-15(19)20)4-6-12(24)21-16-23-22-13(27-16)9-1-2-9/h3-7,9,14-15H,1-2H2,(H,21,23,24)/b6-4+. The first-order valence-electron chi connectivity index (χ1n) is 7.77. The summed E-state index contributed by atoms with van der Waals surface area (Å²) in [7, 11) is 0. The summed E-state index contributed by atoms with van der Waals surface area (Å²) >= 11 is 1.27. The number of benzene rings is 1. The molecule has 1 aromatic heterocycles. The summed E-state index contributed by atoms with van der Waals surface area (Å²) in [5.74, 6) is -0.890. The number of carbonyl (C=O) groups excluding carboxylic acids is 1. The number of nitrogens with zero attached hydrogens (tertiary/aromatic N) is 2. The number of nitrogens with one attached hydrogen (secondary N) is 1. The number of carbonyl (C=O) groups is 1. The molecule has 0 unspecified atom stereocenters. The van der Waals surface area contributed by atoms with Gasteiger partial charge >= 0.3 is 13.2 Å². The van der Waals surface area contributed by atoms with E-state index in [2.05, 4.69) is 25.0 Å². The van der Waals surface area contributed by atoms with Gasteiger partial charge in [0, 0.05) is 23.6 Å². The second-order valence-electron chi connectivity index (χ2n) is 5.50. The third-order valence-electron chi connectivity index (χ3n) is 3.44. The van der Waals surface area contributed by atoms with Gasteiger partial charge in [-0.2, -0.15) is 17.6 Å². The molecule has 144 valence electrons. The summed E-state index contributed by atoms with van der Waals surface area (Å²) in [5, 5.41) is 11.5. The van der Waals surface area contributed by atoms with Crippen molar-refractivity contribution in [2.45, 2.75) is 32.0 Å². The fourth-order valence-electron chi connectivity index (χ4n) is 2.12. The van der Waals surface area contributed by atoms with Crippen LogP contribution < -0.4 is 14.8 Å². The van der Waals surface area contributed by atoms with Gasteiger partial charge in [-0.25, -0.2) is 0 Å². The highest BCUT2D eigenvalue weighted by Gasteiger charge is 2.27. The Morgan fingerprint density at radius 1 is 1.19 bits per heavy atom. The second-order valence-corrected chi connectivity index (χ2v) is 6.51. The number of halogens is 4. The summed E-state index contributed by atoms with van der Waals surface area (Å²) in [6.45, 7) is -6.28. The summed E-state index contributed by atoms with van der Waals surface area (Å²) in [6.07, 6.45) is 4.41. The third kappa shape index (κ3) is 5.64. The van der Waals surface area contributed by atoms with Crippen LogP contribution in [0.25, 0.3) is 6.08 Å². The molecular weight excluding hydrogens is 390 g/mol. The van der Waals surface area contributed by atoms with Crippen molar-refractivity contribution in [3.05, 3.63) is 34.8 Å². The van der Waals surface area contributed by atoms with Crippen molar-refractivity contribution < 1.29 is 31.8 Å². The van der Waals surface area contributed by atoms with Crippen LogP contribution in [0.5, 0.6) is 11.5 Å². The molecule has 6 nitrogen and oxygen atoms in total. The fourth-order valence-corrected chi connectivity index (χ4v) is 3.03. The van der Waals surface area contributed by atoms with Crippen LogP contribution in [-0.2, 0) is 4.79 Å². The Kier molecular flexibility index (Phi) is 5.89. The topological polar surface area (TPSA) is 73.3 Å². The molecule has 0 saturated heterocycles. The Morgan fingerprint density at radius 3 is 2.59 bits per heavy atom. The Bertz CT molecular complexity index is 840. The molecule has 27 heavy (non-hydrogen) atoms. The molecule has 1 aliphatic carbocycles. The normalized spacial score (nSPS) is 14.1. The lowest BCUT2D eigenvalue weighted by molar-refractivity contribution is -0.111. The van der Waals surface area contributed by atoms with Gasteiger partial charge in [0.1, 0.15) is 16.5 Å². The number of hydrogen-bond donors (Lipinski definition) is 1. The molecule has 11 heteroatoms. The number of aromatic nitrogens is 2. The zero-order valence-electron chi connectivity index (χ0n) is 13.6. The maximum absolute atomic E-state index is 12.5. The van der Waals surface area contributed by atoms with Gasteiger partial charge in [-0.3, -0.25) is 10.1 Å². The zero-order valence-corrected chi connectivity index (χ0v) is 14.4. The molecule has 1 heterocycles. The van der Waals surface area contributed by atoms with E-state index in [-0.39, 0.29) is 11.3 Å². The number of alkyl halides is 4. The lowest BCUT2D eigenvalue weighted by Crippen LogP contribution is -2.08. The molecule has 2 aromatic rings. The van der Waals surface area contributed by atoms with Gasteiger partial charge in [-0.1, -0.05) is 11.3 Å². The highest BCUT2D eigenvalue weighted by molar-refractivity contribution is 7.15. The first-order chi connectivity index (χ1) is 12.9. The molecule has 0 aliphatic heterocycles. The van der Waals surface area contributed by atoms with Crippen molar-refractivity contribution in [2.75, 3.05) is 5.32 Å². The summed E-state index contributed by atoms with van der Waals surface area (Å²) in [5.41, 5.74) is 0.0861. The molecular formula is C16H13F4N3O3S. The quantitative estimate of drug-likeness (QED) is 0.526. The first kappa shape index (κ1) is 19.1. The minimum absolute atomic E-state index is 0.0861. The van der Waals surface area contributed by atoms with E-state index in [9.17, 15) is 22.4 Å². The van der Waals surface area contributed by atoms with Crippen molar-refractivity contribution in [3.8, 4) is 11.5 Å². The Hall–Kier alpha value is -2.69. The molecule has 1 N–H and O–H groups in total. The fraction of sp³-hybridized carbons (Fsp3) is 0.312. The largest absolute Gasteiger partial charge is 0.435 e. The molecule has 1 amide bonds. The van der Waals surface area contributed by atoms with Crippen LogP contribution in [0.4, 0.5) is 22.7 Å². The van der Waals surface area contributed by atoms with E-state index in [4.69, 9.17) is 0 Å². The molecule has 3 rings (SSSR count). The number of hydrogen-bond acceptors (Lipinski definition) is 6. The zero-order chi connectivity index (χ0) is 19.4. The summed E-state index contributed by atoms with van der Waals surface area (Å²) in [4.78, 5) is 12.0. The molecule has 1 aromatic carbocycles. The van der Waals surface area contributed by atoms with Crippen LogP contribution in [0.2, 0.25) is 0 Å². The number of rotatable bonds is 8. The maximum atomic E-state index is 12.5. The van der Waals surface area contributed by atoms with E-state index >= 15 is 0 Å². The minimum atomic E-state index is -3.17. The Morgan fingerprint density at radius 2 is 1.93 bits per heavy atom. The Labute approximate surface area is 154 Å². The average molecular weight is 403 g/mol. The van der Waals surface area contributed by atoms with E-state index in [1.54, 1.807) is 0 Å². The molecule has 1 aliphatic rings. The van der Waals surface area contributed by atoms with Crippen molar-refractivity contribution in [1.29, 1.82) is 0 Å². The molecule has 1 fully saturated rings. The third-order valence-corrected chi connectivity index (χ3v) is 4.44. The highest BCUT2D eigenvalue weighted by Crippen LogP contribution is 2.42. The van der Waals surface area contributed by atoms with Gasteiger partial charge in [-0.05, 0) is 31.1 Å². The van der Waals surface area contributed by atoms with Crippen LogP contribution in [0.15, 0.2) is 24.3 Å². The number of amides is 1. The van der Waals surface area contributed by atoms with E-state index in [1.807, 2.05) is 0 Å². The predicted octanol–water partition coefficient (Wildman–Crippen LogP) is 4.27. The maximum Gasteiger partial charge on any atom is 0.387 e. The second kappa shape index (κ2) is 8.33. The van der Waals surface area contributed by atoms with E-state index in [0.29, 0.717) is 11.0 Å². The van der Waals surface area contributed by atoms with Crippen molar-refractivity contribution >= 4 is 28.5 Å². The first-order valence-corrected chi connectivity index (χ1v) is 8.58. The minimum Gasteiger partial charge on any atom is -0.435 e. The molecule has 0 spiro atoms. The van der Waals surface area contributed by atoms with Gasteiger partial charge in [0.15, 0.2) is 0 Å². The highest BCUT2D eigenvalue weighted by atomic mass is 32.1. The van der Waals surface area contributed by atoms with E-state index in [0.717, 1.165) is 36.1 Å². The average Bonchev–Trinajstić information content (AvgIpc) is 3.33. The van der Waals surface area contributed by atoms with Gasteiger partial charge in [0.05, 0.1) is 0 Å². The number of ether oxygens (including phenoxy) is 2. The van der Waals surface area contributed by atoms with Crippen LogP contribution in [0, 0.1) is 0 Å². The van der Waals surface area contributed by atoms with Crippen molar-refractivity contribution in [2.24, 2.45) is 0 Å². The van der Waals surface area contributed by atoms with Gasteiger partial charge in [-0.15, -0.1) is 10.2 Å². The monoisotopic (exact) mass is 403 g/mol.